The summed E-state index contributed by atoms with van der Waals surface area (Å²) < 4.78 is 52.6. The Morgan fingerprint density at radius 1 is 0.957 bits per heavy atom. The van der Waals surface area contributed by atoms with Crippen molar-refractivity contribution in [1.82, 2.24) is 24.5 Å². The minimum absolute atomic E-state index is 0.0557. The molecule has 6 aromatic rings. The fourth-order valence-corrected chi connectivity index (χ4v) is 5.68. The average Bonchev–Trinajstić information content (AvgIpc) is 3.60. The maximum atomic E-state index is 15.6. The molecule has 0 bridgehead atoms. The molecule has 13 heteroatoms. The predicted molar refractivity (Wildman–Crippen MR) is 168 cm³/mol. The second-order valence-corrected chi connectivity index (χ2v) is 11.5. The van der Waals surface area contributed by atoms with E-state index in [0.717, 1.165) is 28.5 Å². The van der Waals surface area contributed by atoms with Gasteiger partial charge in [-0.15, -0.1) is 11.3 Å². The predicted octanol–water partition coefficient (Wildman–Crippen LogP) is 6.96. The maximum absolute atomic E-state index is 15.6. The van der Waals surface area contributed by atoms with Crippen LogP contribution in [0.2, 0.25) is 0 Å². The van der Waals surface area contributed by atoms with E-state index in [4.69, 9.17) is 4.74 Å². The van der Waals surface area contributed by atoms with Gasteiger partial charge in [0.25, 0.3) is 0 Å². The number of aromatic nitrogens is 5. The molecule has 0 spiro atoms. The first-order chi connectivity index (χ1) is 22.1. The van der Waals surface area contributed by atoms with E-state index in [2.05, 4.69) is 25.3 Å². The summed E-state index contributed by atoms with van der Waals surface area (Å²) in [6.07, 6.45) is 1.29. The molecular weight excluding hydrogens is 617 g/mol. The molecule has 3 aromatic carbocycles. The van der Waals surface area contributed by atoms with Crippen LogP contribution in [-0.4, -0.2) is 42.1 Å². The molecule has 0 aliphatic rings. The van der Waals surface area contributed by atoms with Crippen LogP contribution in [0, 0.1) is 31.3 Å². The number of nitrogens with one attached hydrogen (secondary N) is 1. The Labute approximate surface area is 265 Å². The second-order valence-electron chi connectivity index (χ2n) is 10.6. The lowest BCUT2D eigenvalue weighted by molar-refractivity contribution is 0.0697. The molecule has 234 valence electrons. The fourth-order valence-electron chi connectivity index (χ4n) is 4.96. The van der Waals surface area contributed by atoms with Gasteiger partial charge < -0.3 is 19.7 Å². The van der Waals surface area contributed by atoms with Gasteiger partial charge in [-0.05, 0) is 67.4 Å². The first-order valence-corrected chi connectivity index (χ1v) is 15.1. The molecule has 3 heterocycles. The zero-order valence-corrected chi connectivity index (χ0v) is 25.5. The Hall–Kier alpha value is -5.30. The van der Waals surface area contributed by atoms with Crippen LogP contribution in [0.15, 0.2) is 66.2 Å². The van der Waals surface area contributed by atoms with Crippen molar-refractivity contribution >= 4 is 33.5 Å². The fraction of sp³-hybridized carbons (Fsp3) is 0.182. The van der Waals surface area contributed by atoms with Gasteiger partial charge in [-0.25, -0.2) is 32.9 Å². The van der Waals surface area contributed by atoms with Crippen molar-refractivity contribution in [2.45, 2.75) is 33.4 Å². The number of carboxylic acid groups (broad SMARTS) is 1. The van der Waals surface area contributed by atoms with Gasteiger partial charge in [0.1, 0.15) is 29.9 Å². The van der Waals surface area contributed by atoms with Gasteiger partial charge in [0.2, 0.25) is 0 Å². The zero-order chi connectivity index (χ0) is 32.4. The van der Waals surface area contributed by atoms with Crippen LogP contribution in [-0.2, 0) is 19.6 Å². The number of anilines is 1. The first kappa shape index (κ1) is 30.7. The molecule has 6 rings (SSSR count). The molecule has 0 aliphatic carbocycles. The van der Waals surface area contributed by atoms with Crippen molar-refractivity contribution in [2.75, 3.05) is 11.9 Å². The number of rotatable bonds is 11. The molecule has 0 atom stereocenters. The lowest BCUT2D eigenvalue weighted by atomic mass is 10.0. The number of ether oxygens (including phenoxy) is 1. The summed E-state index contributed by atoms with van der Waals surface area (Å²) >= 11 is 1.46. The molecule has 0 unspecified atom stereocenters. The highest BCUT2D eigenvalue weighted by atomic mass is 32.1. The van der Waals surface area contributed by atoms with Gasteiger partial charge in [0, 0.05) is 42.2 Å². The smallest absolute Gasteiger partial charge is 0.335 e. The molecule has 46 heavy (non-hydrogen) atoms. The van der Waals surface area contributed by atoms with Gasteiger partial charge in [0.05, 0.1) is 28.0 Å². The molecule has 0 aliphatic heterocycles. The molecule has 3 aromatic heterocycles. The number of aromatic carboxylic acids is 1. The number of benzene rings is 3. The summed E-state index contributed by atoms with van der Waals surface area (Å²) in [5.41, 5.74) is 3.18. The molecule has 0 fully saturated rings. The van der Waals surface area contributed by atoms with Crippen molar-refractivity contribution in [3.63, 3.8) is 0 Å². The molecular formula is C33H27F3N6O3S. The van der Waals surface area contributed by atoms with Crippen LogP contribution in [0.4, 0.5) is 18.3 Å². The number of carboxylic acids is 1. The van der Waals surface area contributed by atoms with Crippen LogP contribution in [0.25, 0.3) is 22.3 Å². The Kier molecular flexibility index (Phi) is 8.66. The van der Waals surface area contributed by atoms with E-state index < -0.39 is 23.4 Å². The zero-order valence-electron chi connectivity index (χ0n) is 24.7. The van der Waals surface area contributed by atoms with E-state index in [1.165, 1.54) is 41.8 Å². The Morgan fingerprint density at radius 2 is 1.78 bits per heavy atom. The lowest BCUT2D eigenvalue weighted by Crippen LogP contribution is -2.14. The van der Waals surface area contributed by atoms with Crippen molar-refractivity contribution in [3.05, 3.63) is 117 Å². The summed E-state index contributed by atoms with van der Waals surface area (Å²) in [7, 11) is 0. The monoisotopic (exact) mass is 644 g/mol. The topological polar surface area (TPSA) is 115 Å². The van der Waals surface area contributed by atoms with Crippen LogP contribution in [0.3, 0.4) is 0 Å². The van der Waals surface area contributed by atoms with Crippen LogP contribution in [0.5, 0.6) is 6.01 Å². The van der Waals surface area contributed by atoms with Gasteiger partial charge >= 0.3 is 12.0 Å². The Morgan fingerprint density at radius 3 is 2.54 bits per heavy atom. The summed E-state index contributed by atoms with van der Waals surface area (Å²) in [6, 6.07) is 12.8. The molecule has 0 radical (unpaired) electrons. The van der Waals surface area contributed by atoms with E-state index in [1.54, 1.807) is 29.7 Å². The van der Waals surface area contributed by atoms with Gasteiger partial charge in [-0.3, -0.25) is 0 Å². The summed E-state index contributed by atoms with van der Waals surface area (Å²) in [5, 5.41) is 15.4. The van der Waals surface area contributed by atoms with Crippen molar-refractivity contribution in [1.29, 1.82) is 0 Å². The molecule has 0 amide bonds. The third-order valence-corrected chi connectivity index (χ3v) is 8.18. The molecule has 0 saturated carbocycles. The Balaban J connectivity index is 1.25. The number of nitrogens with zero attached hydrogens (tertiary/aromatic N) is 5. The van der Waals surface area contributed by atoms with E-state index in [1.807, 2.05) is 12.3 Å². The normalized spacial score (nSPS) is 11.2. The maximum Gasteiger partial charge on any atom is 0.335 e. The number of aryl methyl sites for hydroxylation is 2. The van der Waals surface area contributed by atoms with Crippen molar-refractivity contribution in [3.8, 4) is 17.3 Å². The van der Waals surface area contributed by atoms with Crippen LogP contribution >= 0.6 is 11.3 Å². The Bertz CT molecular complexity index is 2080. The number of fused-ring (bicyclic) bond motifs is 1. The third kappa shape index (κ3) is 6.69. The van der Waals surface area contributed by atoms with Crippen LogP contribution in [0.1, 0.15) is 38.6 Å². The van der Waals surface area contributed by atoms with Gasteiger partial charge in [-0.1, -0.05) is 12.1 Å². The van der Waals surface area contributed by atoms with Crippen molar-refractivity contribution in [2.24, 2.45) is 0 Å². The highest BCUT2D eigenvalue weighted by molar-refractivity contribution is 7.13. The SMILES string of the molecule is Cc1ccc(COc2nccc(-c3cc(F)c(Cc4nc5ccc(C(=O)O)cc5n4CCNc4nc(C)cs4)cc3F)n2)c(F)c1. The average molecular weight is 645 g/mol. The van der Waals surface area contributed by atoms with E-state index >= 15 is 8.78 Å². The summed E-state index contributed by atoms with van der Waals surface area (Å²) in [5.74, 6) is -2.48. The molecule has 2 N–H and O–H groups in total. The number of hydrogen-bond donors (Lipinski definition) is 2. The summed E-state index contributed by atoms with van der Waals surface area (Å²) in [6.45, 7) is 4.33. The van der Waals surface area contributed by atoms with Crippen LogP contribution < -0.4 is 10.1 Å². The molecule has 9 nitrogen and oxygen atoms in total. The molecule has 0 saturated heterocycles. The highest BCUT2D eigenvalue weighted by Crippen LogP contribution is 2.28. The first-order valence-electron chi connectivity index (χ1n) is 14.2. The minimum Gasteiger partial charge on any atom is -0.478 e. The standard InChI is InChI=1S/C33H27F3N6O3S/c1-18-3-4-21(24(34)11-18)16-45-32-37-8-7-27(41-32)23-15-25(35)22(12-26(23)36)14-30-40-28-6-5-20(31(43)44)13-29(28)42(30)10-9-38-33-39-19(2)17-46-33/h3-8,11-13,15,17H,9-10,14,16H2,1-2H3,(H,38,39)(H,43,44). The summed E-state index contributed by atoms with van der Waals surface area (Å²) in [4.78, 5) is 28.9. The number of imidazole rings is 1. The van der Waals surface area contributed by atoms with Crippen molar-refractivity contribution < 1.29 is 27.8 Å². The largest absolute Gasteiger partial charge is 0.478 e. The number of hydrogen-bond acceptors (Lipinski definition) is 8. The van der Waals surface area contributed by atoms with Gasteiger partial charge in [-0.2, -0.15) is 4.98 Å². The minimum atomic E-state index is -1.09. The van der Waals surface area contributed by atoms with E-state index in [9.17, 15) is 14.3 Å². The second kappa shape index (κ2) is 13.0. The third-order valence-electron chi connectivity index (χ3n) is 7.26. The number of thiazole rings is 1. The lowest BCUT2D eigenvalue weighted by Gasteiger charge is -2.12. The highest BCUT2D eigenvalue weighted by Gasteiger charge is 2.19. The van der Waals surface area contributed by atoms with Gasteiger partial charge in [0.15, 0.2) is 5.13 Å². The van der Waals surface area contributed by atoms with E-state index in [-0.39, 0.29) is 41.4 Å². The number of halogens is 3. The number of carbonyl (C=O) groups is 1. The quantitative estimate of drug-likeness (QED) is 0.156. The van der Waals surface area contributed by atoms with E-state index in [0.29, 0.717) is 35.5 Å².